The molecule has 0 aromatic rings. The van der Waals surface area contributed by atoms with Crippen LogP contribution < -0.4 is 0 Å². The van der Waals surface area contributed by atoms with E-state index in [1.54, 1.807) is 0 Å². The van der Waals surface area contributed by atoms with Gasteiger partial charge in [0.1, 0.15) is 5.78 Å². The quantitative estimate of drug-likeness (QED) is 0.642. The Morgan fingerprint density at radius 3 is 2.74 bits per heavy atom. The highest BCUT2D eigenvalue weighted by Crippen LogP contribution is 2.64. The average molecular weight is 262 g/mol. The maximum absolute atomic E-state index is 12.1. The van der Waals surface area contributed by atoms with Gasteiger partial charge < -0.3 is 0 Å². The molecule has 0 saturated heterocycles. The van der Waals surface area contributed by atoms with E-state index in [-0.39, 0.29) is 5.41 Å². The van der Waals surface area contributed by atoms with Crippen molar-refractivity contribution in [1.29, 1.82) is 0 Å². The molecule has 2 aliphatic carbocycles. The summed E-state index contributed by atoms with van der Waals surface area (Å²) in [5.74, 6) is 1.71. The van der Waals surface area contributed by atoms with E-state index in [1.165, 1.54) is 37.7 Å². The topological polar surface area (TPSA) is 17.1 Å². The Labute approximate surface area is 118 Å². The predicted octanol–water partition coefficient (Wildman–Crippen LogP) is 5.15. The largest absolute Gasteiger partial charge is 0.300 e. The molecule has 1 nitrogen and oxygen atoms in total. The molecule has 0 heterocycles. The Morgan fingerprint density at radius 1 is 1.47 bits per heavy atom. The number of Topliss-reactive ketones (excluding diaryl/α,β-unsaturated/α-hetero) is 1. The molecule has 0 aliphatic heterocycles. The summed E-state index contributed by atoms with van der Waals surface area (Å²) in [6.07, 6.45) is 7.78. The third-order valence-corrected chi connectivity index (χ3v) is 6.44. The predicted molar refractivity (Wildman–Crippen MR) is 81.0 cm³/mol. The van der Waals surface area contributed by atoms with E-state index in [0.717, 1.165) is 12.8 Å². The lowest BCUT2D eigenvalue weighted by Gasteiger charge is -2.60. The molecular formula is C18H30O. The van der Waals surface area contributed by atoms with Gasteiger partial charge in [-0.25, -0.2) is 0 Å². The zero-order chi connectivity index (χ0) is 14.3. The molecule has 0 N–H and O–H groups in total. The summed E-state index contributed by atoms with van der Waals surface area (Å²) in [4.78, 5) is 12.1. The fourth-order valence-corrected chi connectivity index (χ4v) is 5.00. The second kappa shape index (κ2) is 5.07. The molecule has 19 heavy (non-hydrogen) atoms. The Bertz CT molecular complexity index is 383. The molecule has 0 bridgehead atoms. The van der Waals surface area contributed by atoms with Crippen molar-refractivity contribution in [1.82, 2.24) is 0 Å². The highest BCUT2D eigenvalue weighted by Gasteiger charge is 2.56. The molecule has 2 saturated carbocycles. The highest BCUT2D eigenvalue weighted by molar-refractivity contribution is 5.80. The molecule has 0 radical (unpaired) electrons. The van der Waals surface area contributed by atoms with Crippen LogP contribution in [0, 0.1) is 22.7 Å². The van der Waals surface area contributed by atoms with Crippen molar-refractivity contribution in [3.63, 3.8) is 0 Å². The summed E-state index contributed by atoms with van der Waals surface area (Å²) in [5, 5.41) is 0. The lowest BCUT2D eigenvalue weighted by atomic mass is 9.44. The number of carbonyl (C=O) groups is 1. The van der Waals surface area contributed by atoms with Crippen molar-refractivity contribution in [2.45, 2.75) is 72.6 Å². The highest BCUT2D eigenvalue weighted by atomic mass is 16.1. The van der Waals surface area contributed by atoms with Crippen LogP contribution >= 0.6 is 0 Å². The summed E-state index contributed by atoms with van der Waals surface area (Å²) >= 11 is 0. The van der Waals surface area contributed by atoms with Crippen LogP contribution in [0.4, 0.5) is 0 Å². The van der Waals surface area contributed by atoms with E-state index in [9.17, 15) is 4.79 Å². The van der Waals surface area contributed by atoms with Crippen LogP contribution in [0.3, 0.4) is 0 Å². The molecule has 108 valence electrons. The van der Waals surface area contributed by atoms with Gasteiger partial charge in [-0.2, -0.15) is 0 Å². The summed E-state index contributed by atoms with van der Waals surface area (Å²) < 4.78 is 0. The summed E-state index contributed by atoms with van der Waals surface area (Å²) in [6, 6.07) is 0. The minimum Gasteiger partial charge on any atom is -0.300 e. The Balaban J connectivity index is 2.35. The van der Waals surface area contributed by atoms with Gasteiger partial charge in [0.15, 0.2) is 0 Å². The van der Waals surface area contributed by atoms with Crippen LogP contribution in [0.5, 0.6) is 0 Å². The van der Waals surface area contributed by atoms with Crippen LogP contribution in [-0.4, -0.2) is 5.78 Å². The van der Waals surface area contributed by atoms with Crippen molar-refractivity contribution >= 4 is 5.78 Å². The number of allylic oxidation sites excluding steroid dienone is 1. The first kappa shape index (κ1) is 14.8. The lowest BCUT2D eigenvalue weighted by molar-refractivity contribution is -0.145. The third kappa shape index (κ3) is 2.30. The van der Waals surface area contributed by atoms with Crippen molar-refractivity contribution in [2.24, 2.45) is 22.7 Å². The number of carbonyl (C=O) groups excluding carboxylic acids is 1. The van der Waals surface area contributed by atoms with Gasteiger partial charge in [0.2, 0.25) is 0 Å². The fourth-order valence-electron chi connectivity index (χ4n) is 5.00. The Kier molecular flexibility index (Phi) is 3.95. The molecule has 4 atom stereocenters. The van der Waals surface area contributed by atoms with Crippen molar-refractivity contribution in [2.75, 3.05) is 0 Å². The van der Waals surface area contributed by atoms with E-state index >= 15 is 0 Å². The number of ketones is 1. The van der Waals surface area contributed by atoms with Gasteiger partial charge in [-0.15, -0.1) is 0 Å². The monoisotopic (exact) mass is 262 g/mol. The third-order valence-electron chi connectivity index (χ3n) is 6.44. The fraction of sp³-hybridized carbons (Fsp3) is 0.833. The molecular weight excluding hydrogens is 232 g/mol. The zero-order valence-electron chi connectivity index (χ0n) is 13.2. The van der Waals surface area contributed by atoms with Crippen LogP contribution in [-0.2, 0) is 4.79 Å². The first-order valence-electron chi connectivity index (χ1n) is 8.02. The van der Waals surface area contributed by atoms with Crippen molar-refractivity contribution in [3.05, 3.63) is 12.2 Å². The molecule has 1 heteroatoms. The number of rotatable bonds is 3. The van der Waals surface area contributed by atoms with Gasteiger partial charge in [-0.3, -0.25) is 4.79 Å². The van der Waals surface area contributed by atoms with Crippen molar-refractivity contribution in [3.8, 4) is 0 Å². The molecule has 4 unspecified atom stereocenters. The first-order valence-corrected chi connectivity index (χ1v) is 8.02. The minimum absolute atomic E-state index is 0.280. The molecule has 2 rings (SSSR count). The van der Waals surface area contributed by atoms with Crippen molar-refractivity contribution < 1.29 is 4.79 Å². The van der Waals surface area contributed by atoms with E-state index in [1.807, 2.05) is 0 Å². The van der Waals surface area contributed by atoms with Crippen LogP contribution in [0.15, 0.2) is 12.2 Å². The van der Waals surface area contributed by atoms with Crippen LogP contribution in [0.2, 0.25) is 0 Å². The molecule has 0 amide bonds. The number of fused-ring (bicyclic) bond motifs is 1. The summed E-state index contributed by atoms with van der Waals surface area (Å²) in [7, 11) is 0. The van der Waals surface area contributed by atoms with E-state index in [2.05, 4.69) is 34.3 Å². The second-order valence-corrected chi connectivity index (χ2v) is 7.55. The summed E-state index contributed by atoms with van der Waals surface area (Å²) in [6.45, 7) is 13.4. The molecule has 0 aromatic carbocycles. The number of hydrogen-bond donors (Lipinski definition) is 0. The van der Waals surface area contributed by atoms with Crippen LogP contribution in [0.1, 0.15) is 72.6 Å². The van der Waals surface area contributed by atoms with Gasteiger partial charge >= 0.3 is 0 Å². The standard InChI is InChI=1S/C18H30O/c1-6-8-18-9-7-15(13(2)3)11-17(18,5)14(4)10-16(19)12-18/h14-15H,2,6-12H2,1,3-5H3. The maximum atomic E-state index is 12.1. The summed E-state index contributed by atoms with van der Waals surface area (Å²) in [5.41, 5.74) is 1.96. The smallest absolute Gasteiger partial charge is 0.133 e. The van der Waals surface area contributed by atoms with Gasteiger partial charge in [-0.1, -0.05) is 39.3 Å². The molecule has 2 aliphatic rings. The van der Waals surface area contributed by atoms with E-state index in [0.29, 0.717) is 23.0 Å². The SMILES string of the molecule is C=C(C)C1CCC2(CCC)CC(=O)CC(C)C2(C)C1. The first-order chi connectivity index (χ1) is 8.84. The average Bonchev–Trinajstić information content (AvgIpc) is 2.31. The number of hydrogen-bond acceptors (Lipinski definition) is 1. The zero-order valence-corrected chi connectivity index (χ0v) is 13.2. The Hall–Kier alpha value is -0.590. The van der Waals surface area contributed by atoms with Gasteiger partial charge in [-0.05, 0) is 55.3 Å². The Morgan fingerprint density at radius 2 is 2.16 bits per heavy atom. The van der Waals surface area contributed by atoms with Gasteiger partial charge in [0, 0.05) is 12.8 Å². The molecule has 2 fully saturated rings. The molecule has 0 spiro atoms. The van der Waals surface area contributed by atoms with E-state index < -0.39 is 0 Å². The van der Waals surface area contributed by atoms with E-state index in [4.69, 9.17) is 0 Å². The lowest BCUT2D eigenvalue weighted by Crippen LogP contribution is -2.53. The van der Waals surface area contributed by atoms with Gasteiger partial charge in [0.25, 0.3) is 0 Å². The maximum Gasteiger partial charge on any atom is 0.133 e. The van der Waals surface area contributed by atoms with Crippen LogP contribution in [0.25, 0.3) is 0 Å². The van der Waals surface area contributed by atoms with Gasteiger partial charge in [0.05, 0.1) is 0 Å². The normalized spacial score (nSPS) is 42.8. The second-order valence-electron chi connectivity index (χ2n) is 7.55. The minimum atomic E-state index is 0.280. The molecule has 0 aromatic heterocycles.